The molecular formula is C25H26N2O3. The zero-order chi connectivity index (χ0) is 20.3. The number of para-hydroxylation sites is 1. The highest BCUT2D eigenvalue weighted by Crippen LogP contribution is 2.38. The summed E-state index contributed by atoms with van der Waals surface area (Å²) >= 11 is 0. The third kappa shape index (κ3) is 3.85. The molecule has 1 aliphatic rings. The summed E-state index contributed by atoms with van der Waals surface area (Å²) in [5, 5.41) is 5.76. The summed E-state index contributed by atoms with van der Waals surface area (Å²) in [6.07, 6.45) is 5.16. The molecule has 0 fully saturated rings. The molecule has 0 aliphatic carbocycles. The number of aromatic nitrogens is 1. The summed E-state index contributed by atoms with van der Waals surface area (Å²) in [4.78, 5) is 4.59. The Morgan fingerprint density at radius 1 is 1.03 bits per heavy atom. The number of rotatable bonds is 7. The Morgan fingerprint density at radius 2 is 1.97 bits per heavy atom. The van der Waals surface area contributed by atoms with Gasteiger partial charge in [-0.05, 0) is 68.6 Å². The van der Waals surface area contributed by atoms with E-state index >= 15 is 0 Å². The van der Waals surface area contributed by atoms with Crippen molar-refractivity contribution in [3.05, 3.63) is 66.1 Å². The number of benzene rings is 2. The lowest BCUT2D eigenvalue weighted by Gasteiger charge is -2.27. The van der Waals surface area contributed by atoms with Gasteiger partial charge in [0.15, 0.2) is 11.5 Å². The van der Waals surface area contributed by atoms with Crippen molar-refractivity contribution in [2.75, 3.05) is 19.7 Å². The summed E-state index contributed by atoms with van der Waals surface area (Å²) in [5.74, 6) is 1.61. The molecule has 0 radical (unpaired) electrons. The van der Waals surface area contributed by atoms with Crippen LogP contribution in [0.1, 0.15) is 24.1 Å². The van der Waals surface area contributed by atoms with E-state index in [4.69, 9.17) is 13.9 Å². The van der Waals surface area contributed by atoms with E-state index in [0.29, 0.717) is 6.61 Å². The molecule has 0 saturated carbocycles. The average molecular weight is 402 g/mol. The van der Waals surface area contributed by atoms with E-state index in [9.17, 15) is 0 Å². The van der Waals surface area contributed by atoms with Crippen molar-refractivity contribution in [1.82, 2.24) is 10.3 Å². The number of hydrogen-bond acceptors (Lipinski definition) is 5. The Bertz CT molecular complexity index is 1170. The van der Waals surface area contributed by atoms with Crippen molar-refractivity contribution >= 4 is 21.9 Å². The Hall–Kier alpha value is -3.05. The second kappa shape index (κ2) is 8.36. The normalized spacial score (nSPS) is 15.7. The predicted molar refractivity (Wildman–Crippen MR) is 118 cm³/mol. The Kier molecular flexibility index (Phi) is 5.28. The molecule has 1 aliphatic heterocycles. The highest BCUT2D eigenvalue weighted by atomic mass is 16.6. The number of aryl methyl sites for hydroxylation is 2. The summed E-state index contributed by atoms with van der Waals surface area (Å²) in [6, 6.07) is 16.2. The van der Waals surface area contributed by atoms with Gasteiger partial charge in [-0.2, -0.15) is 0 Å². The third-order valence-electron chi connectivity index (χ3n) is 5.62. The highest BCUT2D eigenvalue weighted by molar-refractivity contribution is 5.88. The Balaban J connectivity index is 1.10. The average Bonchev–Trinajstić information content (AvgIpc) is 3.19. The number of nitrogens with zero attached hydrogens (tertiary/aromatic N) is 1. The minimum absolute atomic E-state index is 0.00206. The fourth-order valence-electron chi connectivity index (χ4n) is 4.03. The summed E-state index contributed by atoms with van der Waals surface area (Å²) in [6.45, 7) is 4.28. The zero-order valence-corrected chi connectivity index (χ0v) is 17.2. The van der Waals surface area contributed by atoms with E-state index < -0.39 is 0 Å². The van der Waals surface area contributed by atoms with Crippen molar-refractivity contribution in [2.24, 2.45) is 0 Å². The van der Waals surface area contributed by atoms with Gasteiger partial charge >= 0.3 is 0 Å². The topological polar surface area (TPSA) is 56.5 Å². The molecule has 1 atom stereocenters. The lowest BCUT2D eigenvalue weighted by atomic mass is 10.1. The number of furan rings is 1. The van der Waals surface area contributed by atoms with E-state index in [0.717, 1.165) is 66.0 Å². The van der Waals surface area contributed by atoms with Gasteiger partial charge < -0.3 is 19.2 Å². The van der Waals surface area contributed by atoms with Gasteiger partial charge in [0.2, 0.25) is 0 Å². The van der Waals surface area contributed by atoms with Crippen molar-refractivity contribution in [2.45, 2.75) is 32.3 Å². The molecule has 0 bridgehead atoms. The first kappa shape index (κ1) is 18.9. The SMILES string of the molecule is Cc1ccc2c3c(ccc2n1)OCC(CNCCCCc1coc2ccccc12)O3. The molecule has 30 heavy (non-hydrogen) atoms. The van der Waals surface area contributed by atoms with Crippen molar-refractivity contribution in [3.8, 4) is 11.5 Å². The van der Waals surface area contributed by atoms with Crippen LogP contribution in [0.5, 0.6) is 11.5 Å². The third-order valence-corrected chi connectivity index (χ3v) is 5.62. The summed E-state index contributed by atoms with van der Waals surface area (Å²) < 4.78 is 17.8. The maximum Gasteiger partial charge on any atom is 0.171 e. The van der Waals surface area contributed by atoms with Crippen LogP contribution in [-0.4, -0.2) is 30.8 Å². The van der Waals surface area contributed by atoms with Crippen LogP contribution >= 0.6 is 0 Å². The molecule has 3 heterocycles. The maximum absolute atomic E-state index is 6.26. The smallest absolute Gasteiger partial charge is 0.171 e. The molecule has 5 nitrogen and oxygen atoms in total. The first-order chi connectivity index (χ1) is 14.8. The molecule has 0 amide bonds. The van der Waals surface area contributed by atoms with E-state index in [2.05, 4.69) is 28.5 Å². The fraction of sp³-hybridized carbons (Fsp3) is 0.320. The van der Waals surface area contributed by atoms with Crippen LogP contribution in [0.25, 0.3) is 21.9 Å². The zero-order valence-electron chi connectivity index (χ0n) is 17.2. The molecule has 5 heteroatoms. The molecule has 5 rings (SSSR count). The maximum atomic E-state index is 6.26. The van der Waals surface area contributed by atoms with Gasteiger partial charge in [0.25, 0.3) is 0 Å². The number of nitrogens with one attached hydrogen (secondary N) is 1. The molecular weight excluding hydrogens is 376 g/mol. The quantitative estimate of drug-likeness (QED) is 0.439. The van der Waals surface area contributed by atoms with Gasteiger partial charge in [0, 0.05) is 23.0 Å². The molecule has 2 aromatic carbocycles. The van der Waals surface area contributed by atoms with E-state index in [-0.39, 0.29) is 6.10 Å². The minimum Gasteiger partial charge on any atom is -0.486 e. The van der Waals surface area contributed by atoms with Crippen LogP contribution in [0.3, 0.4) is 0 Å². The van der Waals surface area contributed by atoms with Crippen molar-refractivity contribution in [3.63, 3.8) is 0 Å². The summed E-state index contributed by atoms with van der Waals surface area (Å²) in [5.41, 5.74) is 4.21. The molecule has 4 aromatic rings. The second-order valence-corrected chi connectivity index (χ2v) is 7.88. The van der Waals surface area contributed by atoms with Gasteiger partial charge in [0.05, 0.1) is 11.8 Å². The number of pyridine rings is 1. The lowest BCUT2D eigenvalue weighted by Crippen LogP contribution is -2.38. The van der Waals surface area contributed by atoms with Crippen LogP contribution in [0, 0.1) is 6.92 Å². The van der Waals surface area contributed by atoms with E-state index in [1.165, 1.54) is 10.9 Å². The lowest BCUT2D eigenvalue weighted by molar-refractivity contribution is 0.0925. The van der Waals surface area contributed by atoms with E-state index in [1.807, 2.05) is 43.5 Å². The molecule has 1 unspecified atom stereocenters. The van der Waals surface area contributed by atoms with Gasteiger partial charge in [0.1, 0.15) is 18.3 Å². The second-order valence-electron chi connectivity index (χ2n) is 7.88. The Labute approximate surface area is 176 Å². The number of unbranched alkanes of at least 4 members (excludes halogenated alkanes) is 1. The van der Waals surface area contributed by atoms with Crippen molar-refractivity contribution < 1.29 is 13.9 Å². The van der Waals surface area contributed by atoms with Gasteiger partial charge in [-0.15, -0.1) is 0 Å². The summed E-state index contributed by atoms with van der Waals surface area (Å²) in [7, 11) is 0. The number of hydrogen-bond donors (Lipinski definition) is 1. The van der Waals surface area contributed by atoms with Crippen LogP contribution < -0.4 is 14.8 Å². The van der Waals surface area contributed by atoms with Crippen LogP contribution in [0.2, 0.25) is 0 Å². The van der Waals surface area contributed by atoms with Gasteiger partial charge in [-0.25, -0.2) is 0 Å². The fourth-order valence-corrected chi connectivity index (χ4v) is 4.03. The molecule has 0 saturated heterocycles. The molecule has 154 valence electrons. The number of fused-ring (bicyclic) bond motifs is 4. The first-order valence-electron chi connectivity index (χ1n) is 10.6. The standard InChI is InChI=1S/C25H26N2O3/c1-17-9-10-21-22(27-17)11-12-24-25(21)30-19(16-29-24)14-26-13-5-4-6-18-15-28-23-8-3-2-7-20(18)23/h2-3,7-12,15,19,26H,4-6,13-14,16H2,1H3. The van der Waals surface area contributed by atoms with Gasteiger partial charge in [-0.3, -0.25) is 4.98 Å². The number of ether oxygens (including phenoxy) is 2. The van der Waals surface area contributed by atoms with Crippen LogP contribution in [0.4, 0.5) is 0 Å². The largest absolute Gasteiger partial charge is 0.486 e. The predicted octanol–water partition coefficient (Wildman–Crippen LogP) is 5.04. The molecule has 0 spiro atoms. The monoisotopic (exact) mass is 402 g/mol. The Morgan fingerprint density at radius 3 is 2.93 bits per heavy atom. The van der Waals surface area contributed by atoms with Gasteiger partial charge in [-0.1, -0.05) is 18.2 Å². The van der Waals surface area contributed by atoms with Crippen LogP contribution in [0.15, 0.2) is 59.2 Å². The first-order valence-corrected chi connectivity index (χ1v) is 10.6. The minimum atomic E-state index is 0.00206. The molecule has 2 aromatic heterocycles. The molecule has 1 N–H and O–H groups in total. The van der Waals surface area contributed by atoms with Crippen LogP contribution in [-0.2, 0) is 6.42 Å². The van der Waals surface area contributed by atoms with E-state index in [1.54, 1.807) is 0 Å². The highest BCUT2D eigenvalue weighted by Gasteiger charge is 2.23. The van der Waals surface area contributed by atoms with Crippen molar-refractivity contribution in [1.29, 1.82) is 0 Å².